The Morgan fingerprint density at radius 1 is 1.37 bits per heavy atom. The van der Waals surface area contributed by atoms with E-state index in [1.54, 1.807) is 0 Å². The number of thioether (sulfide) groups is 1. The fraction of sp³-hybridized carbons (Fsp3) is 0.714. The van der Waals surface area contributed by atoms with E-state index in [1.807, 2.05) is 18.7 Å². The lowest BCUT2D eigenvalue weighted by Gasteiger charge is -2.27. The largest absolute Gasteiger partial charge is 0.357 e. The van der Waals surface area contributed by atoms with Gasteiger partial charge in [0.15, 0.2) is 0 Å². The van der Waals surface area contributed by atoms with Gasteiger partial charge in [0, 0.05) is 25.1 Å². The highest BCUT2D eigenvalue weighted by Gasteiger charge is 2.17. The van der Waals surface area contributed by atoms with E-state index in [4.69, 9.17) is 11.6 Å². The second kappa shape index (κ2) is 7.95. The van der Waals surface area contributed by atoms with Crippen molar-refractivity contribution in [1.82, 2.24) is 9.97 Å². The van der Waals surface area contributed by atoms with Crippen LogP contribution in [-0.4, -0.2) is 35.1 Å². The summed E-state index contributed by atoms with van der Waals surface area (Å²) in [6.07, 6.45) is 5.19. The minimum Gasteiger partial charge on any atom is -0.357 e. The molecule has 1 heterocycles. The molecular formula is C14H24ClN3S. The number of hydrogen-bond donors (Lipinski definition) is 0. The maximum absolute atomic E-state index is 6.23. The molecule has 0 bridgehead atoms. The molecule has 0 fully saturated rings. The predicted molar refractivity (Wildman–Crippen MR) is 86.6 cm³/mol. The van der Waals surface area contributed by atoms with Crippen LogP contribution < -0.4 is 4.90 Å². The Kier molecular flexibility index (Phi) is 6.94. The Hall–Kier alpha value is -0.480. The molecule has 5 heteroatoms. The molecule has 0 aromatic carbocycles. The van der Waals surface area contributed by atoms with Crippen LogP contribution in [0, 0.1) is 6.92 Å². The SMILES string of the molecule is CCCc1nc(Cl)c(C)c(N(C)C(C)CCSC)n1. The zero-order chi connectivity index (χ0) is 14.4. The van der Waals surface area contributed by atoms with Gasteiger partial charge in [-0.25, -0.2) is 9.97 Å². The minimum atomic E-state index is 0.451. The average molecular weight is 302 g/mol. The van der Waals surface area contributed by atoms with E-state index < -0.39 is 0 Å². The van der Waals surface area contributed by atoms with Crippen LogP contribution >= 0.6 is 23.4 Å². The first-order valence-corrected chi connectivity index (χ1v) is 8.53. The van der Waals surface area contributed by atoms with Gasteiger partial charge in [-0.2, -0.15) is 11.8 Å². The molecule has 19 heavy (non-hydrogen) atoms. The molecule has 1 aromatic heterocycles. The van der Waals surface area contributed by atoms with Gasteiger partial charge in [0.05, 0.1) is 0 Å². The fourth-order valence-corrected chi connectivity index (χ4v) is 2.65. The van der Waals surface area contributed by atoms with Crippen molar-refractivity contribution >= 4 is 29.2 Å². The van der Waals surface area contributed by atoms with E-state index in [1.165, 1.54) is 0 Å². The van der Waals surface area contributed by atoms with Crippen molar-refractivity contribution in [1.29, 1.82) is 0 Å². The van der Waals surface area contributed by atoms with E-state index in [-0.39, 0.29) is 0 Å². The molecule has 0 aliphatic heterocycles. The summed E-state index contributed by atoms with van der Waals surface area (Å²) in [5.74, 6) is 2.97. The quantitative estimate of drug-likeness (QED) is 0.713. The number of hydrogen-bond acceptors (Lipinski definition) is 4. The third-order valence-electron chi connectivity index (χ3n) is 3.32. The van der Waals surface area contributed by atoms with E-state index in [2.05, 4.69) is 42.0 Å². The summed E-state index contributed by atoms with van der Waals surface area (Å²) >= 11 is 8.10. The van der Waals surface area contributed by atoms with Crippen LogP contribution in [0.3, 0.4) is 0 Å². The normalized spacial score (nSPS) is 12.5. The van der Waals surface area contributed by atoms with Gasteiger partial charge in [0.25, 0.3) is 0 Å². The van der Waals surface area contributed by atoms with Crippen LogP contribution in [0.25, 0.3) is 0 Å². The van der Waals surface area contributed by atoms with Crippen LogP contribution in [0.5, 0.6) is 0 Å². The highest BCUT2D eigenvalue weighted by Crippen LogP contribution is 2.25. The van der Waals surface area contributed by atoms with E-state index in [0.29, 0.717) is 11.2 Å². The summed E-state index contributed by atoms with van der Waals surface area (Å²) in [5.41, 5.74) is 0.972. The van der Waals surface area contributed by atoms with Crippen LogP contribution in [0.1, 0.15) is 38.1 Å². The van der Waals surface area contributed by atoms with Crippen LogP contribution in [0.2, 0.25) is 5.15 Å². The molecule has 0 N–H and O–H groups in total. The minimum absolute atomic E-state index is 0.451. The second-order valence-corrected chi connectivity index (χ2v) is 6.21. The maximum Gasteiger partial charge on any atom is 0.137 e. The van der Waals surface area contributed by atoms with Crippen molar-refractivity contribution < 1.29 is 0 Å². The highest BCUT2D eigenvalue weighted by molar-refractivity contribution is 7.98. The summed E-state index contributed by atoms with van der Waals surface area (Å²) in [4.78, 5) is 11.2. The van der Waals surface area contributed by atoms with Gasteiger partial charge in [0.2, 0.25) is 0 Å². The molecule has 1 rings (SSSR count). The molecule has 0 spiro atoms. The number of nitrogens with zero attached hydrogens (tertiary/aromatic N) is 3. The first-order chi connectivity index (χ1) is 9.01. The van der Waals surface area contributed by atoms with E-state index in [9.17, 15) is 0 Å². The van der Waals surface area contributed by atoms with Crippen LogP contribution in [-0.2, 0) is 6.42 Å². The average Bonchev–Trinajstić information content (AvgIpc) is 2.39. The number of aromatic nitrogens is 2. The number of aryl methyl sites for hydroxylation is 1. The van der Waals surface area contributed by atoms with Crippen molar-refractivity contribution in [2.45, 2.75) is 46.1 Å². The van der Waals surface area contributed by atoms with Crippen LogP contribution in [0.4, 0.5) is 5.82 Å². The number of anilines is 1. The maximum atomic E-state index is 6.23. The first-order valence-electron chi connectivity index (χ1n) is 6.76. The molecular weight excluding hydrogens is 278 g/mol. The predicted octanol–water partition coefficient (Wildman–Crippen LogP) is 3.97. The standard InChI is InChI=1S/C14H24ClN3S/c1-6-7-12-16-13(15)11(3)14(17-12)18(4)10(2)8-9-19-5/h10H,6-9H2,1-5H3. The summed E-state index contributed by atoms with van der Waals surface area (Å²) in [6.45, 7) is 6.35. The van der Waals surface area contributed by atoms with Crippen molar-refractivity contribution in [2.75, 3.05) is 24.0 Å². The monoisotopic (exact) mass is 301 g/mol. The zero-order valence-electron chi connectivity index (χ0n) is 12.5. The third-order valence-corrected chi connectivity index (χ3v) is 4.33. The van der Waals surface area contributed by atoms with Gasteiger partial charge < -0.3 is 4.90 Å². The highest BCUT2D eigenvalue weighted by atomic mass is 35.5. The Morgan fingerprint density at radius 3 is 2.63 bits per heavy atom. The lowest BCUT2D eigenvalue weighted by atomic mass is 10.2. The smallest absolute Gasteiger partial charge is 0.137 e. The summed E-state index contributed by atoms with van der Waals surface area (Å²) in [6, 6.07) is 0.451. The molecule has 0 aliphatic rings. The molecule has 0 radical (unpaired) electrons. The van der Waals surface area contributed by atoms with Gasteiger partial charge in [0.1, 0.15) is 16.8 Å². The molecule has 0 amide bonds. The Bertz CT molecular complexity index is 412. The number of halogens is 1. The van der Waals surface area contributed by atoms with Gasteiger partial charge in [-0.05, 0) is 38.7 Å². The molecule has 3 nitrogen and oxygen atoms in total. The lowest BCUT2D eigenvalue weighted by molar-refractivity contribution is 0.655. The zero-order valence-corrected chi connectivity index (χ0v) is 14.1. The Labute approximate surface area is 126 Å². The lowest BCUT2D eigenvalue weighted by Crippen LogP contribution is -2.31. The van der Waals surface area contributed by atoms with E-state index in [0.717, 1.165) is 42.2 Å². The van der Waals surface area contributed by atoms with Crippen molar-refractivity contribution in [2.24, 2.45) is 0 Å². The van der Waals surface area contributed by atoms with E-state index >= 15 is 0 Å². The molecule has 1 atom stereocenters. The van der Waals surface area contributed by atoms with Crippen molar-refractivity contribution in [3.05, 3.63) is 16.5 Å². The summed E-state index contributed by atoms with van der Waals surface area (Å²) in [5, 5.41) is 0.581. The molecule has 0 saturated heterocycles. The number of rotatable bonds is 7. The summed E-state index contributed by atoms with van der Waals surface area (Å²) < 4.78 is 0. The molecule has 108 valence electrons. The first kappa shape index (κ1) is 16.6. The Balaban J connectivity index is 2.96. The fourth-order valence-electron chi connectivity index (χ4n) is 1.89. The Morgan fingerprint density at radius 2 is 2.05 bits per heavy atom. The summed E-state index contributed by atoms with van der Waals surface area (Å²) in [7, 11) is 2.09. The van der Waals surface area contributed by atoms with Gasteiger partial charge in [-0.3, -0.25) is 0 Å². The molecule has 1 unspecified atom stereocenters. The molecule has 0 aliphatic carbocycles. The van der Waals surface area contributed by atoms with Gasteiger partial charge in [-0.1, -0.05) is 18.5 Å². The topological polar surface area (TPSA) is 29.0 Å². The van der Waals surface area contributed by atoms with Gasteiger partial charge >= 0.3 is 0 Å². The molecule has 0 saturated carbocycles. The van der Waals surface area contributed by atoms with Gasteiger partial charge in [-0.15, -0.1) is 0 Å². The van der Waals surface area contributed by atoms with Crippen molar-refractivity contribution in [3.8, 4) is 0 Å². The molecule has 1 aromatic rings. The third kappa shape index (κ3) is 4.53. The van der Waals surface area contributed by atoms with Crippen molar-refractivity contribution in [3.63, 3.8) is 0 Å². The second-order valence-electron chi connectivity index (χ2n) is 4.87. The van der Waals surface area contributed by atoms with Crippen LogP contribution in [0.15, 0.2) is 0 Å².